The molecule has 0 radical (unpaired) electrons. The van der Waals surface area contributed by atoms with Crippen LogP contribution in [0.15, 0.2) is 18.2 Å². The number of amides is 1. The fraction of sp³-hybridized carbons (Fsp3) is 0.562. The molecule has 1 aromatic rings. The summed E-state index contributed by atoms with van der Waals surface area (Å²) < 4.78 is 5.15. The van der Waals surface area contributed by atoms with Crippen LogP contribution in [-0.4, -0.2) is 24.5 Å². The van der Waals surface area contributed by atoms with E-state index in [0.717, 1.165) is 12.1 Å². The first-order valence-electron chi connectivity index (χ1n) is 7.01. The molecule has 0 bridgehead atoms. The second-order valence-corrected chi connectivity index (χ2v) is 6.62. The van der Waals surface area contributed by atoms with Crippen LogP contribution in [-0.2, 0) is 11.3 Å². The maximum absolute atomic E-state index is 12.1. The highest BCUT2D eigenvalue weighted by Crippen LogP contribution is 2.35. The Balaban J connectivity index is 2.07. The van der Waals surface area contributed by atoms with Gasteiger partial charge in [0.1, 0.15) is 5.75 Å². The summed E-state index contributed by atoms with van der Waals surface area (Å²) in [6.45, 7) is 8.04. The van der Waals surface area contributed by atoms with Gasteiger partial charge in [-0.3, -0.25) is 4.79 Å². The normalized spacial score (nSPS) is 19.5. The molecular weight excluding hydrogens is 252 g/mol. The number of ether oxygens (including phenoxy) is 1. The number of likely N-dealkylation sites (tertiary alicyclic amines) is 1. The molecule has 1 fully saturated rings. The molecule has 0 spiro atoms. The number of hydrogen-bond acceptors (Lipinski definition) is 3. The van der Waals surface area contributed by atoms with Gasteiger partial charge in [-0.15, -0.1) is 0 Å². The van der Waals surface area contributed by atoms with Crippen LogP contribution in [0.1, 0.15) is 32.8 Å². The van der Waals surface area contributed by atoms with Gasteiger partial charge >= 0.3 is 0 Å². The number of carbonyl (C=O) groups excluding carboxylic acids is 1. The summed E-state index contributed by atoms with van der Waals surface area (Å²) in [6.07, 6.45) is 0.648. The summed E-state index contributed by atoms with van der Waals surface area (Å²) in [7, 11) is 1.60. The van der Waals surface area contributed by atoms with E-state index >= 15 is 0 Å². The van der Waals surface area contributed by atoms with Gasteiger partial charge in [0.25, 0.3) is 0 Å². The Kier molecular flexibility index (Phi) is 3.93. The van der Waals surface area contributed by atoms with Crippen LogP contribution in [0.2, 0.25) is 0 Å². The predicted octanol–water partition coefficient (Wildman–Crippen LogP) is 2.67. The largest absolute Gasteiger partial charge is 0.495 e. The van der Waals surface area contributed by atoms with Gasteiger partial charge in [0.05, 0.1) is 12.8 Å². The SMILES string of the molecule is COc1ccc(CN2CC(C(C)(C)C)CC2=O)cc1N. The maximum atomic E-state index is 12.1. The van der Waals surface area contributed by atoms with Crippen molar-refractivity contribution in [3.63, 3.8) is 0 Å². The fourth-order valence-electron chi connectivity index (χ4n) is 2.61. The third kappa shape index (κ3) is 3.06. The average molecular weight is 276 g/mol. The van der Waals surface area contributed by atoms with Gasteiger partial charge < -0.3 is 15.4 Å². The summed E-state index contributed by atoms with van der Waals surface area (Å²) in [6, 6.07) is 5.70. The second kappa shape index (κ2) is 5.35. The minimum atomic E-state index is 0.170. The van der Waals surface area contributed by atoms with Crippen molar-refractivity contribution in [2.24, 2.45) is 11.3 Å². The molecule has 1 atom stereocenters. The molecule has 1 amide bonds. The number of nitrogens with zero attached hydrogens (tertiary/aromatic N) is 1. The molecule has 1 aliphatic rings. The first-order valence-corrected chi connectivity index (χ1v) is 7.01. The van der Waals surface area contributed by atoms with Gasteiger partial charge in [-0.2, -0.15) is 0 Å². The van der Waals surface area contributed by atoms with Crippen LogP contribution in [0.5, 0.6) is 5.75 Å². The number of rotatable bonds is 3. The average Bonchev–Trinajstić information content (AvgIpc) is 2.71. The van der Waals surface area contributed by atoms with E-state index in [-0.39, 0.29) is 11.3 Å². The number of nitrogen functional groups attached to an aromatic ring is 1. The van der Waals surface area contributed by atoms with Crippen molar-refractivity contribution in [3.05, 3.63) is 23.8 Å². The number of methoxy groups -OCH3 is 1. The lowest BCUT2D eigenvalue weighted by Gasteiger charge is -2.26. The Morgan fingerprint density at radius 1 is 1.40 bits per heavy atom. The summed E-state index contributed by atoms with van der Waals surface area (Å²) in [4.78, 5) is 14.0. The quantitative estimate of drug-likeness (QED) is 0.864. The molecule has 1 aromatic carbocycles. The van der Waals surface area contributed by atoms with Crippen LogP contribution < -0.4 is 10.5 Å². The van der Waals surface area contributed by atoms with E-state index in [1.54, 1.807) is 7.11 Å². The minimum Gasteiger partial charge on any atom is -0.495 e. The topological polar surface area (TPSA) is 55.6 Å². The van der Waals surface area contributed by atoms with E-state index in [4.69, 9.17) is 10.5 Å². The maximum Gasteiger partial charge on any atom is 0.223 e. The first-order chi connectivity index (χ1) is 9.31. The molecule has 0 aromatic heterocycles. The van der Waals surface area contributed by atoms with Crippen LogP contribution >= 0.6 is 0 Å². The zero-order valence-corrected chi connectivity index (χ0v) is 12.8. The molecule has 20 heavy (non-hydrogen) atoms. The Bertz CT molecular complexity index is 506. The summed E-state index contributed by atoms with van der Waals surface area (Å²) in [5, 5.41) is 0. The molecule has 0 aliphatic carbocycles. The van der Waals surface area contributed by atoms with Gasteiger partial charge in [0.2, 0.25) is 5.91 Å². The zero-order chi connectivity index (χ0) is 14.9. The molecule has 1 aliphatic heterocycles. The van der Waals surface area contributed by atoms with Crippen LogP contribution in [0.25, 0.3) is 0 Å². The predicted molar refractivity (Wildman–Crippen MR) is 80.4 cm³/mol. The molecule has 4 nitrogen and oxygen atoms in total. The number of nitrogens with two attached hydrogens (primary N) is 1. The minimum absolute atomic E-state index is 0.170. The van der Waals surface area contributed by atoms with Gasteiger partial charge in [0.15, 0.2) is 0 Å². The second-order valence-electron chi connectivity index (χ2n) is 6.62. The molecule has 110 valence electrons. The van der Waals surface area contributed by atoms with E-state index in [0.29, 0.717) is 30.3 Å². The highest BCUT2D eigenvalue weighted by Gasteiger charge is 2.36. The number of benzene rings is 1. The summed E-state index contributed by atoms with van der Waals surface area (Å²) in [5.41, 5.74) is 7.74. The number of carbonyl (C=O) groups is 1. The van der Waals surface area contributed by atoms with Gasteiger partial charge in [0, 0.05) is 19.5 Å². The Morgan fingerprint density at radius 2 is 2.10 bits per heavy atom. The van der Waals surface area contributed by atoms with Crippen LogP contribution in [0.3, 0.4) is 0 Å². The standard InChI is InChI=1S/C16H24N2O2/c1-16(2,3)12-8-15(19)18(10-12)9-11-5-6-14(20-4)13(17)7-11/h5-7,12H,8-10,17H2,1-4H3. The van der Waals surface area contributed by atoms with Crippen molar-refractivity contribution < 1.29 is 9.53 Å². The van der Waals surface area contributed by atoms with E-state index in [1.807, 2.05) is 23.1 Å². The smallest absolute Gasteiger partial charge is 0.223 e. The molecule has 1 saturated heterocycles. The number of anilines is 1. The van der Waals surface area contributed by atoms with Crippen molar-refractivity contribution in [3.8, 4) is 5.75 Å². The molecule has 2 rings (SSSR count). The zero-order valence-electron chi connectivity index (χ0n) is 12.8. The third-order valence-electron chi connectivity index (χ3n) is 4.11. The van der Waals surface area contributed by atoms with E-state index in [2.05, 4.69) is 20.8 Å². The lowest BCUT2D eigenvalue weighted by molar-refractivity contribution is -0.128. The lowest BCUT2D eigenvalue weighted by atomic mass is 9.80. The number of hydrogen-bond donors (Lipinski definition) is 1. The monoisotopic (exact) mass is 276 g/mol. The van der Waals surface area contributed by atoms with Crippen molar-refractivity contribution >= 4 is 11.6 Å². The Labute approximate surface area is 120 Å². The van der Waals surface area contributed by atoms with Crippen molar-refractivity contribution in [2.45, 2.75) is 33.7 Å². The molecule has 2 N–H and O–H groups in total. The van der Waals surface area contributed by atoms with Gasteiger partial charge in [-0.1, -0.05) is 26.8 Å². The van der Waals surface area contributed by atoms with Crippen molar-refractivity contribution in [1.82, 2.24) is 4.90 Å². The Morgan fingerprint density at radius 3 is 2.60 bits per heavy atom. The molecule has 1 heterocycles. The Hall–Kier alpha value is -1.71. The molecule has 4 heteroatoms. The molecule has 1 unspecified atom stereocenters. The van der Waals surface area contributed by atoms with E-state index < -0.39 is 0 Å². The lowest BCUT2D eigenvalue weighted by Crippen LogP contribution is -2.27. The highest BCUT2D eigenvalue weighted by atomic mass is 16.5. The van der Waals surface area contributed by atoms with Gasteiger partial charge in [-0.05, 0) is 29.0 Å². The van der Waals surface area contributed by atoms with Crippen molar-refractivity contribution in [1.29, 1.82) is 0 Å². The molecule has 0 saturated carbocycles. The summed E-state index contributed by atoms with van der Waals surface area (Å²) in [5.74, 6) is 1.33. The highest BCUT2D eigenvalue weighted by molar-refractivity contribution is 5.78. The third-order valence-corrected chi connectivity index (χ3v) is 4.11. The van der Waals surface area contributed by atoms with Crippen molar-refractivity contribution in [2.75, 3.05) is 19.4 Å². The van der Waals surface area contributed by atoms with Crippen LogP contribution in [0, 0.1) is 11.3 Å². The van der Waals surface area contributed by atoms with Crippen LogP contribution in [0.4, 0.5) is 5.69 Å². The van der Waals surface area contributed by atoms with E-state index in [9.17, 15) is 4.79 Å². The fourth-order valence-corrected chi connectivity index (χ4v) is 2.61. The van der Waals surface area contributed by atoms with E-state index in [1.165, 1.54) is 0 Å². The van der Waals surface area contributed by atoms with Gasteiger partial charge in [-0.25, -0.2) is 0 Å². The first kappa shape index (κ1) is 14.7. The summed E-state index contributed by atoms with van der Waals surface area (Å²) >= 11 is 0. The molecular formula is C16H24N2O2.